The molecule has 0 saturated carbocycles. The summed E-state index contributed by atoms with van der Waals surface area (Å²) in [6, 6.07) is 5.31. The van der Waals surface area contributed by atoms with Crippen LogP contribution in [0.1, 0.15) is 6.92 Å². The van der Waals surface area contributed by atoms with Crippen molar-refractivity contribution in [1.29, 1.82) is 0 Å². The van der Waals surface area contributed by atoms with Crippen LogP contribution in [0.15, 0.2) is 33.8 Å². The smallest absolute Gasteiger partial charge is 0.321 e. The molecule has 0 aliphatic carbocycles. The van der Waals surface area contributed by atoms with Crippen LogP contribution >= 0.6 is 0 Å². The zero-order valence-electron chi connectivity index (χ0n) is 10.6. The minimum absolute atomic E-state index is 0.149. The van der Waals surface area contributed by atoms with Crippen LogP contribution < -0.4 is 4.72 Å². The van der Waals surface area contributed by atoms with E-state index in [1.807, 2.05) is 4.72 Å². The summed E-state index contributed by atoms with van der Waals surface area (Å²) in [6.45, 7) is 1.24. The summed E-state index contributed by atoms with van der Waals surface area (Å²) in [4.78, 5) is 11.1. The third kappa shape index (κ3) is 2.97. The first-order valence-corrected chi connectivity index (χ1v) is 7.25. The number of furan rings is 1. The second-order valence-electron chi connectivity index (χ2n) is 3.85. The van der Waals surface area contributed by atoms with Crippen molar-refractivity contribution >= 4 is 27.0 Å². The van der Waals surface area contributed by atoms with Crippen molar-refractivity contribution < 1.29 is 26.8 Å². The lowest BCUT2D eigenvalue weighted by molar-refractivity contribution is -0.141. The maximum atomic E-state index is 13.4. The van der Waals surface area contributed by atoms with E-state index in [0.29, 0.717) is 5.39 Å². The summed E-state index contributed by atoms with van der Waals surface area (Å²) in [6.07, 6.45) is 0. The fourth-order valence-corrected chi connectivity index (χ4v) is 2.50. The first-order chi connectivity index (χ1) is 9.44. The Hall–Kier alpha value is -1.93. The van der Waals surface area contributed by atoms with E-state index < -0.39 is 33.4 Å². The van der Waals surface area contributed by atoms with E-state index in [1.54, 1.807) is 6.92 Å². The van der Waals surface area contributed by atoms with Gasteiger partial charge in [-0.3, -0.25) is 4.79 Å². The molecule has 0 radical (unpaired) electrons. The normalized spacial score (nSPS) is 11.7. The van der Waals surface area contributed by atoms with Gasteiger partial charge in [0.25, 0.3) is 10.0 Å². The minimum atomic E-state index is -4.04. The molecular formula is C12H12FNO5S. The Morgan fingerprint density at radius 2 is 2.20 bits per heavy atom. The number of esters is 1. The number of carbonyl (C=O) groups excluding carboxylic acids is 1. The third-order valence-electron chi connectivity index (χ3n) is 2.45. The molecule has 1 aromatic heterocycles. The van der Waals surface area contributed by atoms with Gasteiger partial charge in [0.2, 0.25) is 5.09 Å². The first kappa shape index (κ1) is 14.5. The Morgan fingerprint density at radius 3 is 2.85 bits per heavy atom. The van der Waals surface area contributed by atoms with E-state index in [2.05, 4.69) is 4.74 Å². The summed E-state index contributed by atoms with van der Waals surface area (Å²) in [7, 11) is -4.04. The van der Waals surface area contributed by atoms with Crippen LogP contribution in [0.3, 0.4) is 0 Å². The van der Waals surface area contributed by atoms with Crippen LogP contribution in [0.4, 0.5) is 4.39 Å². The number of carbonyl (C=O) groups is 1. The average molecular weight is 301 g/mol. The van der Waals surface area contributed by atoms with Crippen molar-refractivity contribution in [3.8, 4) is 0 Å². The van der Waals surface area contributed by atoms with Gasteiger partial charge in [0, 0.05) is 11.5 Å². The van der Waals surface area contributed by atoms with Crippen LogP contribution in [0, 0.1) is 5.82 Å². The molecule has 0 aliphatic heterocycles. The Labute approximate surface area is 114 Å². The van der Waals surface area contributed by atoms with Gasteiger partial charge >= 0.3 is 5.97 Å². The van der Waals surface area contributed by atoms with Gasteiger partial charge in [0.1, 0.15) is 6.54 Å². The highest BCUT2D eigenvalue weighted by molar-refractivity contribution is 7.89. The molecule has 0 saturated heterocycles. The molecule has 2 aromatic rings. The van der Waals surface area contributed by atoms with Gasteiger partial charge in [-0.1, -0.05) is 12.1 Å². The lowest BCUT2D eigenvalue weighted by atomic mass is 10.2. The van der Waals surface area contributed by atoms with E-state index in [9.17, 15) is 17.6 Å². The molecule has 1 aromatic carbocycles. The Balaban J connectivity index is 2.23. The van der Waals surface area contributed by atoms with Crippen molar-refractivity contribution in [2.75, 3.05) is 13.2 Å². The largest absolute Gasteiger partial charge is 0.465 e. The number of nitrogens with one attached hydrogen (secondary N) is 1. The van der Waals surface area contributed by atoms with Gasteiger partial charge in [0.05, 0.1) is 6.61 Å². The van der Waals surface area contributed by atoms with Gasteiger partial charge in [-0.15, -0.1) is 0 Å². The molecule has 1 N–H and O–H groups in total. The van der Waals surface area contributed by atoms with E-state index in [0.717, 1.165) is 6.07 Å². The molecule has 0 spiro atoms. The zero-order chi connectivity index (χ0) is 14.8. The molecule has 0 aliphatic rings. The molecule has 0 bridgehead atoms. The number of ether oxygens (including phenoxy) is 1. The molecular weight excluding hydrogens is 289 g/mol. The number of halogens is 1. The van der Waals surface area contributed by atoms with E-state index in [-0.39, 0.29) is 12.2 Å². The van der Waals surface area contributed by atoms with Gasteiger partial charge in [-0.05, 0) is 13.0 Å². The standard InChI is InChI=1S/C12H12FNO5S/c1-2-18-10(15)7-14-20(16,17)11-6-8-4-3-5-9(13)12(8)19-11/h3-6,14H,2,7H2,1H3. The summed E-state index contributed by atoms with van der Waals surface area (Å²) >= 11 is 0. The molecule has 2 rings (SSSR count). The average Bonchev–Trinajstić information content (AvgIpc) is 2.83. The predicted octanol–water partition coefficient (Wildman–Crippen LogP) is 1.41. The van der Waals surface area contributed by atoms with Gasteiger partial charge in [-0.25, -0.2) is 12.8 Å². The minimum Gasteiger partial charge on any atom is -0.465 e. The molecule has 0 fully saturated rings. The fraction of sp³-hybridized carbons (Fsp3) is 0.250. The zero-order valence-corrected chi connectivity index (χ0v) is 11.4. The van der Waals surface area contributed by atoms with Crippen molar-refractivity contribution in [1.82, 2.24) is 4.72 Å². The third-order valence-corrected chi connectivity index (χ3v) is 3.71. The van der Waals surface area contributed by atoms with Crippen LogP contribution in [0.2, 0.25) is 0 Å². The second kappa shape index (κ2) is 5.59. The highest BCUT2D eigenvalue weighted by Gasteiger charge is 2.21. The van der Waals surface area contributed by atoms with Gasteiger partial charge in [0.15, 0.2) is 11.4 Å². The van der Waals surface area contributed by atoms with Crippen LogP contribution in [-0.2, 0) is 19.6 Å². The SMILES string of the molecule is CCOC(=O)CNS(=O)(=O)c1cc2cccc(F)c2o1. The van der Waals surface area contributed by atoms with E-state index >= 15 is 0 Å². The molecule has 1 heterocycles. The van der Waals surface area contributed by atoms with Gasteiger partial charge < -0.3 is 9.15 Å². The van der Waals surface area contributed by atoms with Crippen molar-refractivity contribution in [2.45, 2.75) is 12.0 Å². The molecule has 0 atom stereocenters. The van der Waals surface area contributed by atoms with Gasteiger partial charge in [-0.2, -0.15) is 4.72 Å². The molecule has 108 valence electrons. The summed E-state index contributed by atoms with van der Waals surface area (Å²) in [5.74, 6) is -1.37. The number of para-hydroxylation sites is 1. The fourth-order valence-electron chi connectivity index (χ4n) is 1.57. The predicted molar refractivity (Wildman–Crippen MR) is 68.0 cm³/mol. The molecule has 6 nitrogen and oxygen atoms in total. The monoisotopic (exact) mass is 301 g/mol. The van der Waals surface area contributed by atoms with Crippen molar-refractivity contribution in [3.63, 3.8) is 0 Å². The summed E-state index contributed by atoms with van der Waals surface area (Å²) < 4.78 is 48.8. The van der Waals surface area contributed by atoms with Crippen molar-refractivity contribution in [3.05, 3.63) is 30.1 Å². The Morgan fingerprint density at radius 1 is 1.45 bits per heavy atom. The first-order valence-electron chi connectivity index (χ1n) is 5.77. The van der Waals surface area contributed by atoms with Crippen LogP contribution in [0.25, 0.3) is 11.0 Å². The quantitative estimate of drug-likeness (QED) is 0.844. The Bertz CT molecular complexity index is 737. The molecule has 8 heteroatoms. The van der Waals surface area contributed by atoms with Crippen molar-refractivity contribution in [2.24, 2.45) is 0 Å². The number of hydrogen-bond acceptors (Lipinski definition) is 5. The highest BCUT2D eigenvalue weighted by atomic mass is 32.2. The van der Waals surface area contributed by atoms with Crippen LogP contribution in [-0.4, -0.2) is 27.5 Å². The molecule has 0 unspecified atom stereocenters. The lowest BCUT2D eigenvalue weighted by Gasteiger charge is -2.03. The number of rotatable bonds is 5. The number of hydrogen-bond donors (Lipinski definition) is 1. The molecule has 20 heavy (non-hydrogen) atoms. The van der Waals surface area contributed by atoms with E-state index in [1.165, 1.54) is 18.2 Å². The molecule has 0 amide bonds. The topological polar surface area (TPSA) is 85.6 Å². The lowest BCUT2D eigenvalue weighted by Crippen LogP contribution is -2.30. The van der Waals surface area contributed by atoms with Crippen LogP contribution in [0.5, 0.6) is 0 Å². The maximum Gasteiger partial charge on any atom is 0.321 e. The number of sulfonamides is 1. The summed E-state index contributed by atoms with van der Waals surface area (Å²) in [5, 5.41) is -0.136. The number of benzene rings is 1. The maximum absolute atomic E-state index is 13.4. The second-order valence-corrected chi connectivity index (χ2v) is 5.55. The number of fused-ring (bicyclic) bond motifs is 1. The highest BCUT2D eigenvalue weighted by Crippen LogP contribution is 2.24. The Kier molecular flexibility index (Phi) is 4.05. The summed E-state index contributed by atoms with van der Waals surface area (Å²) in [5.41, 5.74) is -0.149. The van der Waals surface area contributed by atoms with E-state index in [4.69, 9.17) is 4.42 Å².